The Bertz CT molecular complexity index is 1610. The number of nitrogens with zero attached hydrogens (tertiary/aromatic N) is 2. The van der Waals surface area contributed by atoms with E-state index in [-0.39, 0.29) is 30.7 Å². The molecule has 0 bridgehead atoms. The SMILES string of the molecule is CC[C@@]1(O)C(=O)OCc2c1cc1n(c2=O)Cc2c-1nc1cc(F)c(C)c3c1c2[C@H](NC(=O)[C@H](C)O)CC3. The molecule has 37 heavy (non-hydrogen) atoms. The van der Waals surface area contributed by atoms with Crippen molar-refractivity contribution in [3.8, 4) is 11.4 Å². The number of carbonyl (C=O) groups excluding carboxylic acids is 2. The quantitative estimate of drug-likeness (QED) is 0.362. The summed E-state index contributed by atoms with van der Waals surface area (Å²) in [4.78, 5) is 43.3. The third-order valence-electron chi connectivity index (χ3n) is 8.07. The normalized spacial score (nSPS) is 22.2. The van der Waals surface area contributed by atoms with Gasteiger partial charge in [-0.3, -0.25) is 9.59 Å². The van der Waals surface area contributed by atoms with E-state index in [0.29, 0.717) is 40.9 Å². The Hall–Kier alpha value is -3.63. The number of esters is 1. The number of hydrogen-bond donors (Lipinski definition) is 3. The third kappa shape index (κ3) is 3.15. The summed E-state index contributed by atoms with van der Waals surface area (Å²) in [6, 6.07) is 2.49. The van der Waals surface area contributed by atoms with Gasteiger partial charge in [0.15, 0.2) is 5.60 Å². The molecular weight excluding hydrogens is 481 g/mol. The molecule has 3 atom stereocenters. The molecule has 10 heteroatoms. The lowest BCUT2D eigenvalue weighted by Crippen LogP contribution is -2.44. The van der Waals surface area contributed by atoms with Gasteiger partial charge < -0.3 is 24.8 Å². The largest absolute Gasteiger partial charge is 0.458 e. The summed E-state index contributed by atoms with van der Waals surface area (Å²) in [5.74, 6) is -1.73. The van der Waals surface area contributed by atoms with Crippen LogP contribution in [-0.4, -0.2) is 37.7 Å². The van der Waals surface area contributed by atoms with E-state index in [1.165, 1.54) is 17.6 Å². The molecule has 9 nitrogen and oxygen atoms in total. The summed E-state index contributed by atoms with van der Waals surface area (Å²) in [7, 11) is 0. The van der Waals surface area contributed by atoms with Crippen LogP contribution in [0.3, 0.4) is 0 Å². The number of fused-ring (bicyclic) bond motifs is 5. The summed E-state index contributed by atoms with van der Waals surface area (Å²) in [6.07, 6.45) is -0.187. The Morgan fingerprint density at radius 1 is 1.32 bits per heavy atom. The highest BCUT2D eigenvalue weighted by molar-refractivity contribution is 5.94. The van der Waals surface area contributed by atoms with Crippen LogP contribution in [0.25, 0.3) is 22.3 Å². The zero-order valence-electron chi connectivity index (χ0n) is 20.6. The van der Waals surface area contributed by atoms with Crippen molar-refractivity contribution >= 4 is 22.8 Å². The van der Waals surface area contributed by atoms with Gasteiger partial charge in [-0.15, -0.1) is 0 Å². The van der Waals surface area contributed by atoms with Gasteiger partial charge in [0, 0.05) is 22.6 Å². The number of ether oxygens (including phenoxy) is 1. The maximum atomic E-state index is 14.9. The average molecular weight is 508 g/mol. The molecule has 3 aromatic rings. The number of cyclic esters (lactones) is 1. The molecule has 0 saturated carbocycles. The summed E-state index contributed by atoms with van der Waals surface area (Å²) in [5, 5.41) is 24.6. The summed E-state index contributed by atoms with van der Waals surface area (Å²) >= 11 is 0. The highest BCUT2D eigenvalue weighted by atomic mass is 19.1. The Balaban J connectivity index is 1.65. The minimum Gasteiger partial charge on any atom is -0.458 e. The molecule has 0 radical (unpaired) electrons. The number of rotatable bonds is 3. The zero-order valence-corrected chi connectivity index (χ0v) is 20.6. The first-order valence-electron chi connectivity index (χ1n) is 12.4. The number of pyridine rings is 2. The van der Waals surface area contributed by atoms with Gasteiger partial charge in [-0.1, -0.05) is 6.92 Å². The van der Waals surface area contributed by atoms with Crippen molar-refractivity contribution in [2.24, 2.45) is 0 Å². The maximum Gasteiger partial charge on any atom is 0.343 e. The molecule has 1 aromatic carbocycles. The number of nitrogens with one attached hydrogen (secondary N) is 1. The maximum absolute atomic E-state index is 14.9. The Morgan fingerprint density at radius 3 is 2.78 bits per heavy atom. The van der Waals surface area contributed by atoms with E-state index < -0.39 is 41.0 Å². The van der Waals surface area contributed by atoms with Crippen LogP contribution < -0.4 is 10.9 Å². The Kier molecular flexibility index (Phi) is 5.09. The molecule has 2 aliphatic heterocycles. The first-order valence-corrected chi connectivity index (χ1v) is 12.4. The number of aliphatic hydroxyl groups is 2. The van der Waals surface area contributed by atoms with E-state index in [0.717, 1.165) is 16.5 Å². The van der Waals surface area contributed by atoms with E-state index >= 15 is 0 Å². The topological polar surface area (TPSA) is 131 Å². The molecule has 0 unspecified atom stereocenters. The molecule has 0 spiro atoms. The average Bonchev–Trinajstić information content (AvgIpc) is 3.24. The number of aryl methyl sites for hydroxylation is 1. The van der Waals surface area contributed by atoms with E-state index in [1.807, 2.05) is 0 Å². The zero-order chi connectivity index (χ0) is 26.4. The molecule has 4 heterocycles. The standard InChI is InChI=1S/C27H26FN3O6/c1-4-27(36)16-7-20-23-14(9-31(20)25(34)15(16)10-37-26(27)35)22-18(30-24(33)12(3)32)6-5-13-11(2)17(28)8-19(29-23)21(13)22/h7-8,12,18,32,36H,4-6,9-10H2,1-3H3,(H,30,33)/t12-,18+,27-/m0/s1. The molecule has 3 N–H and O–H groups in total. The van der Waals surface area contributed by atoms with E-state index in [2.05, 4.69) is 5.32 Å². The molecule has 0 fully saturated rings. The number of amides is 1. The molecule has 1 amide bonds. The lowest BCUT2D eigenvalue weighted by atomic mass is 9.81. The number of halogens is 1. The highest BCUT2D eigenvalue weighted by Crippen LogP contribution is 2.45. The van der Waals surface area contributed by atoms with Crippen molar-refractivity contribution < 1.29 is 28.9 Å². The summed E-state index contributed by atoms with van der Waals surface area (Å²) in [5.41, 5.74) is 2.07. The van der Waals surface area contributed by atoms with Crippen LogP contribution in [0.15, 0.2) is 16.9 Å². The van der Waals surface area contributed by atoms with Crippen molar-refractivity contribution in [2.45, 2.75) is 70.9 Å². The number of aromatic nitrogens is 2. The minimum atomic E-state index is -1.96. The van der Waals surface area contributed by atoms with E-state index in [9.17, 15) is 29.0 Å². The van der Waals surface area contributed by atoms with Crippen LogP contribution in [0, 0.1) is 12.7 Å². The smallest absolute Gasteiger partial charge is 0.343 e. The molecule has 6 rings (SSSR count). The summed E-state index contributed by atoms with van der Waals surface area (Å²) < 4.78 is 21.6. The number of carbonyl (C=O) groups is 2. The van der Waals surface area contributed by atoms with Gasteiger partial charge in [-0.2, -0.15) is 0 Å². The minimum absolute atomic E-state index is 0.0201. The van der Waals surface area contributed by atoms with Crippen molar-refractivity contribution in [3.05, 3.63) is 61.7 Å². The molecule has 3 aliphatic rings. The number of aliphatic hydroxyl groups excluding tert-OH is 1. The van der Waals surface area contributed by atoms with Crippen LogP contribution >= 0.6 is 0 Å². The van der Waals surface area contributed by atoms with Gasteiger partial charge in [0.1, 0.15) is 18.5 Å². The first-order chi connectivity index (χ1) is 17.6. The molecule has 2 aromatic heterocycles. The van der Waals surface area contributed by atoms with Crippen molar-refractivity contribution in [1.29, 1.82) is 0 Å². The van der Waals surface area contributed by atoms with Crippen LogP contribution in [-0.2, 0) is 39.5 Å². The number of benzene rings is 1. The monoisotopic (exact) mass is 507 g/mol. The lowest BCUT2D eigenvalue weighted by molar-refractivity contribution is -0.172. The Morgan fingerprint density at radius 2 is 2.08 bits per heavy atom. The summed E-state index contributed by atoms with van der Waals surface area (Å²) in [6.45, 7) is 4.65. The van der Waals surface area contributed by atoms with Crippen molar-refractivity contribution in [1.82, 2.24) is 14.9 Å². The fourth-order valence-corrected chi connectivity index (χ4v) is 5.99. The third-order valence-corrected chi connectivity index (χ3v) is 8.07. The predicted octanol–water partition coefficient (Wildman–Crippen LogP) is 2.01. The van der Waals surface area contributed by atoms with Crippen LogP contribution in [0.5, 0.6) is 0 Å². The van der Waals surface area contributed by atoms with Gasteiger partial charge in [-0.25, -0.2) is 14.2 Å². The Labute approximate surface area is 210 Å². The predicted molar refractivity (Wildman–Crippen MR) is 130 cm³/mol. The molecule has 1 aliphatic carbocycles. The van der Waals surface area contributed by atoms with Gasteiger partial charge in [0.05, 0.1) is 35.1 Å². The molecule has 192 valence electrons. The van der Waals surface area contributed by atoms with Gasteiger partial charge in [-0.05, 0) is 55.9 Å². The second-order valence-electron chi connectivity index (χ2n) is 10.1. The first kappa shape index (κ1) is 23.7. The van der Waals surface area contributed by atoms with Crippen molar-refractivity contribution in [2.75, 3.05) is 0 Å². The van der Waals surface area contributed by atoms with Crippen LogP contribution in [0.1, 0.15) is 66.1 Å². The second-order valence-corrected chi connectivity index (χ2v) is 10.1. The van der Waals surface area contributed by atoms with E-state index in [4.69, 9.17) is 9.72 Å². The van der Waals surface area contributed by atoms with Gasteiger partial charge in [0.25, 0.3) is 5.56 Å². The molecule has 0 saturated heterocycles. The fraction of sp³-hybridized carbons (Fsp3) is 0.407. The van der Waals surface area contributed by atoms with E-state index in [1.54, 1.807) is 19.9 Å². The fourth-order valence-electron chi connectivity index (χ4n) is 5.99. The van der Waals surface area contributed by atoms with Crippen LogP contribution in [0.2, 0.25) is 0 Å². The van der Waals surface area contributed by atoms with Gasteiger partial charge >= 0.3 is 5.97 Å². The highest BCUT2D eigenvalue weighted by Gasteiger charge is 2.46. The van der Waals surface area contributed by atoms with Crippen molar-refractivity contribution in [3.63, 3.8) is 0 Å². The second kappa shape index (κ2) is 7.93. The van der Waals surface area contributed by atoms with Crippen LogP contribution in [0.4, 0.5) is 4.39 Å². The molecular formula is C27H26FN3O6. The number of hydrogen-bond acceptors (Lipinski definition) is 7. The van der Waals surface area contributed by atoms with Gasteiger partial charge in [0.2, 0.25) is 5.91 Å². The lowest BCUT2D eigenvalue weighted by Gasteiger charge is -2.31.